The molecule has 4 nitrogen and oxygen atoms in total. The molecule has 1 atom stereocenters. The van der Waals surface area contributed by atoms with Crippen molar-refractivity contribution in [2.24, 2.45) is 5.92 Å². The standard InChI is InChI=1S/C17H25NO3/c1-2-21-16-8-5-14(6-9-16)7-10-17(20)18-11-3-4-15(12-18)13-19/h5-6,8-9,15,19H,2-4,7,10-13H2,1H3. The zero-order valence-corrected chi connectivity index (χ0v) is 12.8. The van der Waals surface area contributed by atoms with Crippen LogP contribution in [0.1, 0.15) is 31.7 Å². The van der Waals surface area contributed by atoms with E-state index in [-0.39, 0.29) is 18.4 Å². The van der Waals surface area contributed by atoms with Gasteiger partial charge in [-0.3, -0.25) is 4.79 Å². The van der Waals surface area contributed by atoms with Crippen molar-refractivity contribution in [1.29, 1.82) is 0 Å². The lowest BCUT2D eigenvalue weighted by Crippen LogP contribution is -2.41. The fourth-order valence-corrected chi connectivity index (χ4v) is 2.77. The Labute approximate surface area is 126 Å². The van der Waals surface area contributed by atoms with Crippen LogP contribution in [0.25, 0.3) is 0 Å². The van der Waals surface area contributed by atoms with Gasteiger partial charge in [-0.1, -0.05) is 12.1 Å². The summed E-state index contributed by atoms with van der Waals surface area (Å²) in [5.74, 6) is 1.32. The molecule has 0 spiro atoms. The van der Waals surface area contributed by atoms with Gasteiger partial charge in [0.2, 0.25) is 5.91 Å². The van der Waals surface area contributed by atoms with Gasteiger partial charge in [-0.15, -0.1) is 0 Å². The van der Waals surface area contributed by atoms with Crippen LogP contribution >= 0.6 is 0 Å². The number of aliphatic hydroxyl groups excluding tert-OH is 1. The second-order valence-electron chi connectivity index (χ2n) is 5.61. The molecule has 116 valence electrons. The van der Waals surface area contributed by atoms with Crippen LogP contribution in [0.5, 0.6) is 5.75 Å². The minimum atomic E-state index is 0.183. The predicted octanol–water partition coefficient (Wildman–Crippen LogP) is 2.25. The number of carbonyl (C=O) groups is 1. The maximum atomic E-state index is 12.2. The zero-order chi connectivity index (χ0) is 15.1. The quantitative estimate of drug-likeness (QED) is 0.874. The summed E-state index contributed by atoms with van der Waals surface area (Å²) < 4.78 is 5.41. The largest absolute Gasteiger partial charge is 0.494 e. The normalized spacial score (nSPS) is 18.6. The van der Waals surface area contributed by atoms with Gasteiger partial charge in [-0.2, -0.15) is 0 Å². The van der Waals surface area contributed by atoms with Crippen LogP contribution in [-0.4, -0.2) is 42.2 Å². The molecule has 2 rings (SSSR count). The van der Waals surface area contributed by atoms with Gasteiger partial charge in [-0.25, -0.2) is 0 Å². The number of nitrogens with zero attached hydrogens (tertiary/aromatic N) is 1. The Kier molecular flexibility index (Phi) is 6.05. The molecule has 21 heavy (non-hydrogen) atoms. The molecule has 1 aromatic carbocycles. The molecule has 1 heterocycles. The van der Waals surface area contributed by atoms with Crippen LogP contribution in [-0.2, 0) is 11.2 Å². The van der Waals surface area contributed by atoms with Crippen LogP contribution in [0.3, 0.4) is 0 Å². The third-order valence-corrected chi connectivity index (χ3v) is 3.99. The fraction of sp³-hybridized carbons (Fsp3) is 0.588. The van der Waals surface area contributed by atoms with Crippen molar-refractivity contribution in [2.45, 2.75) is 32.6 Å². The first kappa shape index (κ1) is 15.8. The van der Waals surface area contributed by atoms with Gasteiger partial charge in [0, 0.05) is 26.1 Å². The summed E-state index contributed by atoms with van der Waals surface area (Å²) in [6, 6.07) is 7.94. The molecule has 1 unspecified atom stereocenters. The summed E-state index contributed by atoms with van der Waals surface area (Å²) in [6.07, 6.45) is 3.32. The molecule has 1 fully saturated rings. The van der Waals surface area contributed by atoms with E-state index in [1.165, 1.54) is 0 Å². The first-order valence-electron chi connectivity index (χ1n) is 7.83. The van der Waals surface area contributed by atoms with E-state index in [9.17, 15) is 9.90 Å². The Morgan fingerprint density at radius 3 is 2.81 bits per heavy atom. The first-order chi connectivity index (χ1) is 10.2. The number of piperidine rings is 1. The van der Waals surface area contributed by atoms with Crippen molar-refractivity contribution >= 4 is 5.91 Å². The van der Waals surface area contributed by atoms with Gasteiger partial charge in [0.1, 0.15) is 5.75 Å². The second-order valence-corrected chi connectivity index (χ2v) is 5.61. The van der Waals surface area contributed by atoms with Crippen molar-refractivity contribution in [3.63, 3.8) is 0 Å². The minimum absolute atomic E-state index is 0.183. The number of ether oxygens (including phenoxy) is 1. The molecule has 1 saturated heterocycles. The number of benzene rings is 1. The molecule has 0 radical (unpaired) electrons. The fourth-order valence-electron chi connectivity index (χ4n) is 2.77. The van der Waals surface area contributed by atoms with Crippen LogP contribution in [0.2, 0.25) is 0 Å². The molecule has 1 N–H and O–H groups in total. The second kappa shape index (κ2) is 8.03. The van der Waals surface area contributed by atoms with Crippen LogP contribution in [0, 0.1) is 5.92 Å². The molecule has 0 aliphatic carbocycles. The Balaban J connectivity index is 1.80. The van der Waals surface area contributed by atoms with E-state index >= 15 is 0 Å². The summed E-state index contributed by atoms with van der Waals surface area (Å²) in [7, 11) is 0. The lowest BCUT2D eigenvalue weighted by Gasteiger charge is -2.32. The summed E-state index contributed by atoms with van der Waals surface area (Å²) in [6.45, 7) is 4.35. The van der Waals surface area contributed by atoms with Gasteiger partial charge < -0.3 is 14.7 Å². The summed E-state index contributed by atoms with van der Waals surface area (Å²) in [5.41, 5.74) is 1.16. The van der Waals surface area contributed by atoms with Crippen molar-refractivity contribution in [2.75, 3.05) is 26.3 Å². The van der Waals surface area contributed by atoms with Crippen molar-refractivity contribution in [3.05, 3.63) is 29.8 Å². The minimum Gasteiger partial charge on any atom is -0.494 e. The third-order valence-electron chi connectivity index (χ3n) is 3.99. The average Bonchev–Trinajstić information content (AvgIpc) is 2.54. The Morgan fingerprint density at radius 2 is 2.14 bits per heavy atom. The number of hydrogen-bond acceptors (Lipinski definition) is 3. The number of rotatable bonds is 6. The number of aliphatic hydroxyl groups is 1. The van der Waals surface area contributed by atoms with Gasteiger partial charge in [0.05, 0.1) is 6.61 Å². The van der Waals surface area contributed by atoms with E-state index in [4.69, 9.17) is 4.74 Å². The van der Waals surface area contributed by atoms with Crippen molar-refractivity contribution < 1.29 is 14.6 Å². The lowest BCUT2D eigenvalue weighted by atomic mass is 9.98. The van der Waals surface area contributed by atoms with Crippen LogP contribution in [0.4, 0.5) is 0 Å². The van der Waals surface area contributed by atoms with Crippen LogP contribution < -0.4 is 4.74 Å². The maximum Gasteiger partial charge on any atom is 0.222 e. The molecule has 1 aromatic rings. The van der Waals surface area contributed by atoms with Gasteiger partial charge in [0.25, 0.3) is 0 Å². The molecule has 1 amide bonds. The van der Waals surface area contributed by atoms with E-state index < -0.39 is 0 Å². The predicted molar refractivity (Wildman–Crippen MR) is 82.3 cm³/mol. The molecule has 0 bridgehead atoms. The molecule has 4 heteroatoms. The first-order valence-corrected chi connectivity index (χ1v) is 7.83. The highest BCUT2D eigenvalue weighted by molar-refractivity contribution is 5.76. The highest BCUT2D eigenvalue weighted by Crippen LogP contribution is 2.18. The van der Waals surface area contributed by atoms with Crippen LogP contribution in [0.15, 0.2) is 24.3 Å². The van der Waals surface area contributed by atoms with Crippen molar-refractivity contribution in [1.82, 2.24) is 4.90 Å². The summed E-state index contributed by atoms with van der Waals surface area (Å²) >= 11 is 0. The molecular weight excluding hydrogens is 266 g/mol. The number of likely N-dealkylation sites (tertiary alicyclic amines) is 1. The van der Waals surface area contributed by atoms with E-state index in [0.29, 0.717) is 19.6 Å². The summed E-state index contributed by atoms with van der Waals surface area (Å²) in [4.78, 5) is 14.1. The highest BCUT2D eigenvalue weighted by Gasteiger charge is 2.22. The van der Waals surface area contributed by atoms with Crippen molar-refractivity contribution in [3.8, 4) is 5.75 Å². The van der Waals surface area contributed by atoms with Gasteiger partial charge >= 0.3 is 0 Å². The SMILES string of the molecule is CCOc1ccc(CCC(=O)N2CCCC(CO)C2)cc1. The summed E-state index contributed by atoms with van der Waals surface area (Å²) in [5, 5.41) is 9.22. The maximum absolute atomic E-state index is 12.2. The van der Waals surface area contributed by atoms with E-state index in [0.717, 1.165) is 37.1 Å². The Hall–Kier alpha value is -1.55. The smallest absolute Gasteiger partial charge is 0.222 e. The number of amides is 1. The molecular formula is C17H25NO3. The van der Waals surface area contributed by atoms with E-state index in [1.54, 1.807) is 0 Å². The Morgan fingerprint density at radius 1 is 1.38 bits per heavy atom. The van der Waals surface area contributed by atoms with Gasteiger partial charge in [-0.05, 0) is 49.8 Å². The molecule has 1 aliphatic heterocycles. The molecule has 0 aromatic heterocycles. The highest BCUT2D eigenvalue weighted by atomic mass is 16.5. The number of hydrogen-bond donors (Lipinski definition) is 1. The lowest BCUT2D eigenvalue weighted by molar-refractivity contribution is -0.133. The average molecular weight is 291 g/mol. The third kappa shape index (κ3) is 4.74. The molecule has 0 saturated carbocycles. The number of carbonyl (C=O) groups excluding carboxylic acids is 1. The van der Waals surface area contributed by atoms with E-state index in [2.05, 4.69) is 0 Å². The number of aryl methyl sites for hydroxylation is 1. The van der Waals surface area contributed by atoms with E-state index in [1.807, 2.05) is 36.1 Å². The molecule has 1 aliphatic rings. The Bertz CT molecular complexity index is 444. The topological polar surface area (TPSA) is 49.8 Å². The monoisotopic (exact) mass is 291 g/mol. The zero-order valence-electron chi connectivity index (χ0n) is 12.8. The van der Waals surface area contributed by atoms with Gasteiger partial charge in [0.15, 0.2) is 0 Å².